The molecule has 0 amide bonds. The zero-order chi connectivity index (χ0) is 15.4. The predicted molar refractivity (Wildman–Crippen MR) is 81.4 cm³/mol. The highest BCUT2D eigenvalue weighted by molar-refractivity contribution is 6.64. The third-order valence-electron chi connectivity index (χ3n) is 3.60. The minimum absolute atomic E-state index is 0.0473. The number of Topliss-reactive ketones (excluding diaryl/α,β-unsaturated/α-hetero) is 1. The summed E-state index contributed by atoms with van der Waals surface area (Å²) in [4.78, 5) is 22.7. The van der Waals surface area contributed by atoms with Gasteiger partial charge in [0.15, 0.2) is 0 Å². The topological polar surface area (TPSA) is 57.9 Å². The number of unbranched alkanes of at least 4 members (excludes halogenated alkanes) is 1. The number of ketones is 1. The van der Waals surface area contributed by atoms with Crippen LogP contribution in [0.5, 0.6) is 0 Å². The molecule has 0 aliphatic rings. The summed E-state index contributed by atoms with van der Waals surface area (Å²) in [5.41, 5.74) is 0. The molecule has 0 spiro atoms. The summed E-state index contributed by atoms with van der Waals surface area (Å²) in [6.45, 7) is 4.15. The van der Waals surface area contributed by atoms with E-state index in [1.807, 2.05) is 6.92 Å². The Labute approximate surface area is 127 Å². The summed E-state index contributed by atoms with van der Waals surface area (Å²) in [6.07, 6.45) is 7.17. The number of carbonyl (C=O) groups is 2. The Morgan fingerprint density at radius 2 is 1.70 bits per heavy atom. The molecule has 0 rings (SSSR count). The van der Waals surface area contributed by atoms with Crippen molar-refractivity contribution in [1.82, 2.24) is 0 Å². The maximum Gasteiger partial charge on any atom is 0.229 e. The Morgan fingerprint density at radius 1 is 1.05 bits per heavy atom. The molecule has 114 valence electrons. The number of hydrogen-bond donors (Lipinski definition) is 0. The molecule has 0 fully saturated rings. The predicted octanol–water partition coefficient (Wildman–Crippen LogP) is 4.63. The fraction of sp³-hybridized carbons (Fsp3) is 0.812. The monoisotopic (exact) mass is 299 g/mol. The van der Waals surface area contributed by atoms with Gasteiger partial charge in [-0.3, -0.25) is 9.59 Å². The van der Waals surface area contributed by atoms with Gasteiger partial charge in [-0.2, -0.15) is 5.26 Å². The summed E-state index contributed by atoms with van der Waals surface area (Å²) in [6, 6.07) is 2.34. The fourth-order valence-corrected chi connectivity index (χ4v) is 2.56. The lowest BCUT2D eigenvalue weighted by Crippen LogP contribution is -2.17. The quantitative estimate of drug-likeness (QED) is 0.390. The summed E-state index contributed by atoms with van der Waals surface area (Å²) < 4.78 is 0. The normalized spacial score (nSPS) is 13.5. The van der Waals surface area contributed by atoms with Crippen LogP contribution in [0.25, 0.3) is 0 Å². The molecule has 0 saturated carbocycles. The molecule has 0 radical (unpaired) electrons. The molecule has 2 unspecified atom stereocenters. The zero-order valence-corrected chi connectivity index (χ0v) is 13.4. The van der Waals surface area contributed by atoms with Crippen molar-refractivity contribution >= 4 is 22.6 Å². The maximum atomic E-state index is 11.9. The van der Waals surface area contributed by atoms with Crippen LogP contribution in [0.15, 0.2) is 0 Å². The Balaban J connectivity index is 4.16. The molecule has 0 saturated heterocycles. The number of nitrogens with zero attached hydrogens (tertiary/aromatic N) is 1. The van der Waals surface area contributed by atoms with Gasteiger partial charge in [-0.1, -0.05) is 39.5 Å². The lowest BCUT2D eigenvalue weighted by atomic mass is 9.89. The van der Waals surface area contributed by atoms with E-state index in [0.717, 1.165) is 51.4 Å². The molecule has 0 aliphatic heterocycles. The van der Waals surface area contributed by atoms with Crippen LogP contribution in [-0.4, -0.2) is 11.0 Å². The van der Waals surface area contributed by atoms with E-state index in [1.54, 1.807) is 0 Å². The molecule has 3 nitrogen and oxygen atoms in total. The second-order valence-electron chi connectivity index (χ2n) is 5.38. The second kappa shape index (κ2) is 11.9. The first-order valence-electron chi connectivity index (χ1n) is 7.65. The minimum Gasteiger partial charge on any atom is -0.299 e. The largest absolute Gasteiger partial charge is 0.299 e. The molecule has 0 aromatic heterocycles. The first kappa shape index (κ1) is 19.1. The van der Waals surface area contributed by atoms with Gasteiger partial charge in [0.1, 0.15) is 5.78 Å². The molecule has 20 heavy (non-hydrogen) atoms. The smallest absolute Gasteiger partial charge is 0.229 e. The van der Waals surface area contributed by atoms with Gasteiger partial charge in [-0.25, -0.2) is 0 Å². The van der Waals surface area contributed by atoms with E-state index in [9.17, 15) is 9.59 Å². The molecule has 0 heterocycles. The third kappa shape index (κ3) is 9.09. The SMILES string of the molecule is CCCCC(C#N)CCCC(CCC)C(=O)CC(=O)Cl. The molecule has 0 aromatic rings. The van der Waals surface area contributed by atoms with Gasteiger partial charge < -0.3 is 0 Å². The Hall–Kier alpha value is -0.880. The number of nitriles is 1. The molecular weight excluding hydrogens is 274 g/mol. The zero-order valence-electron chi connectivity index (χ0n) is 12.7. The summed E-state index contributed by atoms with van der Waals surface area (Å²) >= 11 is 5.28. The first-order valence-corrected chi connectivity index (χ1v) is 8.03. The van der Waals surface area contributed by atoms with Gasteiger partial charge in [0, 0.05) is 11.8 Å². The Kier molecular flexibility index (Phi) is 11.4. The maximum absolute atomic E-state index is 11.9. The van der Waals surface area contributed by atoms with Gasteiger partial charge in [0.05, 0.1) is 12.5 Å². The van der Waals surface area contributed by atoms with Crippen LogP contribution >= 0.6 is 11.6 Å². The molecular formula is C16H26ClNO2. The van der Waals surface area contributed by atoms with E-state index in [1.165, 1.54) is 0 Å². The standard InChI is InChI=1S/C16H26ClNO2/c1-3-5-8-13(12-18)9-6-10-14(7-4-2)15(19)11-16(17)20/h13-14H,3-11H2,1-2H3. The van der Waals surface area contributed by atoms with Crippen molar-refractivity contribution in [2.45, 2.75) is 71.6 Å². The molecule has 0 aliphatic carbocycles. The Morgan fingerprint density at radius 3 is 2.20 bits per heavy atom. The highest BCUT2D eigenvalue weighted by Crippen LogP contribution is 2.22. The van der Waals surface area contributed by atoms with Crippen molar-refractivity contribution < 1.29 is 9.59 Å². The van der Waals surface area contributed by atoms with Crippen LogP contribution in [0, 0.1) is 23.2 Å². The van der Waals surface area contributed by atoms with Gasteiger partial charge in [0.25, 0.3) is 0 Å². The van der Waals surface area contributed by atoms with E-state index >= 15 is 0 Å². The van der Waals surface area contributed by atoms with Crippen molar-refractivity contribution in [2.75, 3.05) is 0 Å². The van der Waals surface area contributed by atoms with E-state index in [0.29, 0.717) is 0 Å². The first-order chi connectivity index (χ1) is 9.54. The van der Waals surface area contributed by atoms with Gasteiger partial charge >= 0.3 is 0 Å². The van der Waals surface area contributed by atoms with E-state index < -0.39 is 5.24 Å². The molecule has 0 bridgehead atoms. The number of halogens is 1. The van der Waals surface area contributed by atoms with Gasteiger partial charge in [0.2, 0.25) is 5.24 Å². The van der Waals surface area contributed by atoms with Crippen molar-refractivity contribution in [3.63, 3.8) is 0 Å². The lowest BCUT2D eigenvalue weighted by Gasteiger charge is -2.15. The second-order valence-corrected chi connectivity index (χ2v) is 5.80. The highest BCUT2D eigenvalue weighted by Gasteiger charge is 2.20. The summed E-state index contributed by atoms with van der Waals surface area (Å²) in [5, 5.41) is 8.50. The van der Waals surface area contributed by atoms with E-state index in [4.69, 9.17) is 16.9 Å². The van der Waals surface area contributed by atoms with Crippen LogP contribution in [0.4, 0.5) is 0 Å². The van der Waals surface area contributed by atoms with Crippen molar-refractivity contribution in [3.05, 3.63) is 0 Å². The Bertz CT molecular complexity index is 336. The molecule has 4 heteroatoms. The third-order valence-corrected chi connectivity index (χ3v) is 3.73. The average molecular weight is 300 g/mol. The van der Waals surface area contributed by atoms with E-state index in [-0.39, 0.29) is 24.0 Å². The highest BCUT2D eigenvalue weighted by atomic mass is 35.5. The van der Waals surface area contributed by atoms with Crippen LogP contribution in [-0.2, 0) is 9.59 Å². The van der Waals surface area contributed by atoms with Crippen LogP contribution in [0.2, 0.25) is 0 Å². The van der Waals surface area contributed by atoms with Crippen molar-refractivity contribution in [2.24, 2.45) is 11.8 Å². The van der Waals surface area contributed by atoms with Crippen molar-refractivity contribution in [3.8, 4) is 6.07 Å². The molecule has 0 aromatic carbocycles. The summed E-state index contributed by atoms with van der Waals surface area (Å²) in [5.74, 6) is -0.0240. The van der Waals surface area contributed by atoms with Gasteiger partial charge in [-0.15, -0.1) is 0 Å². The molecule has 2 atom stereocenters. The van der Waals surface area contributed by atoms with Crippen LogP contribution in [0.3, 0.4) is 0 Å². The number of hydrogen-bond acceptors (Lipinski definition) is 3. The lowest BCUT2D eigenvalue weighted by molar-refractivity contribution is -0.126. The fourth-order valence-electron chi connectivity index (χ4n) is 2.43. The van der Waals surface area contributed by atoms with Gasteiger partial charge in [-0.05, 0) is 37.3 Å². The minimum atomic E-state index is -0.575. The number of carbonyl (C=O) groups excluding carboxylic acids is 2. The van der Waals surface area contributed by atoms with E-state index in [2.05, 4.69) is 13.0 Å². The van der Waals surface area contributed by atoms with Crippen LogP contribution < -0.4 is 0 Å². The number of rotatable bonds is 12. The van der Waals surface area contributed by atoms with Crippen molar-refractivity contribution in [1.29, 1.82) is 5.26 Å². The van der Waals surface area contributed by atoms with Crippen LogP contribution in [0.1, 0.15) is 71.6 Å². The molecule has 0 N–H and O–H groups in total. The summed E-state index contributed by atoms with van der Waals surface area (Å²) in [7, 11) is 0. The average Bonchev–Trinajstić information content (AvgIpc) is 2.40.